The van der Waals surface area contributed by atoms with Gasteiger partial charge in [0.2, 0.25) is 0 Å². The lowest BCUT2D eigenvalue weighted by Crippen LogP contribution is -2.12. The molecule has 0 radical (unpaired) electrons. The van der Waals surface area contributed by atoms with Gasteiger partial charge in [-0.25, -0.2) is 4.98 Å². The van der Waals surface area contributed by atoms with E-state index >= 15 is 0 Å². The second-order valence-corrected chi connectivity index (χ2v) is 5.80. The van der Waals surface area contributed by atoms with Crippen LogP contribution in [0.15, 0.2) is 30.5 Å². The lowest BCUT2D eigenvalue weighted by atomic mass is 10.2. The minimum atomic E-state index is 0.757. The van der Waals surface area contributed by atoms with Gasteiger partial charge in [0.15, 0.2) is 0 Å². The fraction of sp³-hybridized carbons (Fsp3) is 0.438. The highest BCUT2D eigenvalue weighted by Gasteiger charge is 2.05. The van der Waals surface area contributed by atoms with Gasteiger partial charge in [-0.05, 0) is 31.5 Å². The number of aromatic nitrogens is 1. The third-order valence-electron chi connectivity index (χ3n) is 2.83. The average Bonchev–Trinajstić information content (AvgIpc) is 2.95. The summed E-state index contributed by atoms with van der Waals surface area (Å²) in [6, 6.07) is 8.17. The fourth-order valence-electron chi connectivity index (χ4n) is 1.85. The second-order valence-electron chi connectivity index (χ2n) is 4.68. The summed E-state index contributed by atoms with van der Waals surface area (Å²) in [6.07, 6.45) is 4.14. The first-order chi connectivity index (χ1) is 9.83. The van der Waals surface area contributed by atoms with Gasteiger partial charge in [0, 0.05) is 23.2 Å². The monoisotopic (exact) mass is 290 g/mol. The molecule has 0 aliphatic rings. The number of thiazole rings is 1. The Labute approximate surface area is 125 Å². The van der Waals surface area contributed by atoms with Gasteiger partial charge in [-0.1, -0.05) is 26.0 Å². The highest BCUT2D eigenvalue weighted by atomic mass is 32.1. The first kappa shape index (κ1) is 15.0. The van der Waals surface area contributed by atoms with Crippen LogP contribution in [0, 0.1) is 0 Å². The Kier molecular flexibility index (Phi) is 6.02. The lowest BCUT2D eigenvalue weighted by molar-refractivity contribution is 0.317. The van der Waals surface area contributed by atoms with E-state index in [2.05, 4.69) is 36.3 Å². The van der Waals surface area contributed by atoms with Gasteiger partial charge >= 0.3 is 0 Å². The molecule has 0 bridgehead atoms. The van der Waals surface area contributed by atoms with Gasteiger partial charge in [0.05, 0.1) is 6.61 Å². The summed E-state index contributed by atoms with van der Waals surface area (Å²) in [5.74, 6) is 0.921. The molecule has 1 aromatic heterocycles. The molecule has 3 nitrogen and oxygen atoms in total. The molecule has 1 heterocycles. The van der Waals surface area contributed by atoms with Crippen LogP contribution in [0.1, 0.15) is 31.6 Å². The zero-order valence-corrected chi connectivity index (χ0v) is 13.0. The molecule has 0 spiro atoms. The van der Waals surface area contributed by atoms with Crippen LogP contribution < -0.4 is 10.1 Å². The number of benzene rings is 1. The normalized spacial score (nSPS) is 10.7. The summed E-state index contributed by atoms with van der Waals surface area (Å²) >= 11 is 1.74. The molecule has 108 valence electrons. The number of hydrogen-bond donors (Lipinski definition) is 1. The Morgan fingerprint density at radius 1 is 1.25 bits per heavy atom. The molecule has 0 aliphatic heterocycles. The van der Waals surface area contributed by atoms with Crippen molar-refractivity contribution in [2.24, 2.45) is 0 Å². The van der Waals surface area contributed by atoms with Gasteiger partial charge in [-0.15, -0.1) is 11.3 Å². The predicted octanol–water partition coefficient (Wildman–Crippen LogP) is 4.10. The van der Waals surface area contributed by atoms with Crippen molar-refractivity contribution in [3.63, 3.8) is 0 Å². The lowest BCUT2D eigenvalue weighted by Gasteiger charge is -2.05. The first-order valence-electron chi connectivity index (χ1n) is 7.22. The second kappa shape index (κ2) is 8.02. The van der Waals surface area contributed by atoms with Gasteiger partial charge in [-0.2, -0.15) is 0 Å². The molecule has 0 amide bonds. The van der Waals surface area contributed by atoms with Crippen molar-refractivity contribution < 1.29 is 4.74 Å². The Hall–Kier alpha value is -1.39. The van der Waals surface area contributed by atoms with Crippen LogP contribution in [0.5, 0.6) is 5.75 Å². The minimum absolute atomic E-state index is 0.757. The van der Waals surface area contributed by atoms with Crippen molar-refractivity contribution >= 4 is 11.3 Å². The van der Waals surface area contributed by atoms with E-state index in [0.717, 1.165) is 48.9 Å². The predicted molar refractivity (Wildman–Crippen MR) is 85.3 cm³/mol. The molecule has 0 saturated heterocycles. The van der Waals surface area contributed by atoms with Crippen molar-refractivity contribution in [3.8, 4) is 16.3 Å². The Morgan fingerprint density at radius 2 is 2.15 bits per heavy atom. The molecule has 1 N–H and O–H groups in total. The largest absolute Gasteiger partial charge is 0.494 e. The third kappa shape index (κ3) is 4.32. The molecule has 1 aromatic carbocycles. The van der Waals surface area contributed by atoms with Crippen molar-refractivity contribution in [1.29, 1.82) is 0 Å². The third-order valence-corrected chi connectivity index (χ3v) is 3.88. The van der Waals surface area contributed by atoms with Crippen LogP contribution in [0.4, 0.5) is 0 Å². The number of nitrogens with one attached hydrogen (secondary N) is 1. The number of rotatable bonds is 8. The van der Waals surface area contributed by atoms with Crippen LogP contribution in [0.25, 0.3) is 10.6 Å². The van der Waals surface area contributed by atoms with E-state index < -0.39 is 0 Å². The maximum absolute atomic E-state index is 5.67. The summed E-state index contributed by atoms with van der Waals surface area (Å²) in [5, 5.41) is 4.46. The zero-order valence-electron chi connectivity index (χ0n) is 12.2. The molecule has 0 aliphatic carbocycles. The number of hydrogen-bond acceptors (Lipinski definition) is 4. The summed E-state index contributed by atoms with van der Waals surface area (Å²) < 4.78 is 5.67. The maximum Gasteiger partial charge on any atom is 0.123 e. The fourth-order valence-corrected chi connectivity index (χ4v) is 2.73. The van der Waals surface area contributed by atoms with Gasteiger partial charge < -0.3 is 10.1 Å². The topological polar surface area (TPSA) is 34.2 Å². The highest BCUT2D eigenvalue weighted by Crippen LogP contribution is 2.28. The molecule has 2 rings (SSSR count). The van der Waals surface area contributed by atoms with Crippen LogP contribution in [-0.2, 0) is 6.54 Å². The van der Waals surface area contributed by atoms with Gasteiger partial charge in [0.25, 0.3) is 0 Å². The molecule has 0 unspecified atom stereocenters. The molecule has 2 aromatic rings. The Morgan fingerprint density at radius 3 is 2.95 bits per heavy atom. The summed E-state index contributed by atoms with van der Waals surface area (Å²) in [6.45, 7) is 6.99. The quantitative estimate of drug-likeness (QED) is 0.743. The SMILES string of the molecule is CCCNCc1cnc(-c2cccc(OCCC)c2)s1. The Bertz CT molecular complexity index is 525. The molecule has 0 atom stereocenters. The average molecular weight is 290 g/mol. The number of ether oxygens (including phenoxy) is 1. The van der Waals surface area contributed by atoms with Crippen LogP contribution >= 0.6 is 11.3 Å². The van der Waals surface area contributed by atoms with Crippen molar-refractivity contribution in [2.45, 2.75) is 33.2 Å². The first-order valence-corrected chi connectivity index (χ1v) is 8.03. The van der Waals surface area contributed by atoms with Crippen molar-refractivity contribution in [2.75, 3.05) is 13.2 Å². The van der Waals surface area contributed by atoms with Gasteiger partial charge in [-0.3, -0.25) is 0 Å². The van der Waals surface area contributed by atoms with Crippen LogP contribution in [-0.4, -0.2) is 18.1 Å². The van der Waals surface area contributed by atoms with E-state index in [0.29, 0.717) is 0 Å². The van der Waals surface area contributed by atoms with Crippen molar-refractivity contribution in [3.05, 3.63) is 35.3 Å². The maximum atomic E-state index is 5.67. The molecular formula is C16H22N2OS. The van der Waals surface area contributed by atoms with E-state index in [9.17, 15) is 0 Å². The van der Waals surface area contributed by atoms with Crippen molar-refractivity contribution in [1.82, 2.24) is 10.3 Å². The molecule has 4 heteroatoms. The van der Waals surface area contributed by atoms with Gasteiger partial charge in [0.1, 0.15) is 10.8 Å². The van der Waals surface area contributed by atoms with E-state index in [1.807, 2.05) is 18.3 Å². The van der Waals surface area contributed by atoms with Crippen LogP contribution in [0.2, 0.25) is 0 Å². The molecule has 20 heavy (non-hydrogen) atoms. The van der Waals surface area contributed by atoms with Crippen LogP contribution in [0.3, 0.4) is 0 Å². The van der Waals surface area contributed by atoms with E-state index in [1.165, 1.54) is 4.88 Å². The molecular weight excluding hydrogens is 268 g/mol. The standard InChI is InChI=1S/C16H22N2OS/c1-3-8-17-11-15-12-18-16(20-15)13-6-5-7-14(10-13)19-9-4-2/h5-7,10,12,17H,3-4,8-9,11H2,1-2H3. The number of nitrogens with zero attached hydrogens (tertiary/aromatic N) is 1. The van der Waals surface area contributed by atoms with E-state index in [-0.39, 0.29) is 0 Å². The summed E-state index contributed by atoms with van der Waals surface area (Å²) in [4.78, 5) is 5.78. The minimum Gasteiger partial charge on any atom is -0.494 e. The van der Waals surface area contributed by atoms with E-state index in [1.54, 1.807) is 11.3 Å². The Balaban J connectivity index is 2.03. The smallest absolute Gasteiger partial charge is 0.123 e. The molecule has 0 saturated carbocycles. The summed E-state index contributed by atoms with van der Waals surface area (Å²) in [5.41, 5.74) is 1.13. The van der Waals surface area contributed by atoms with E-state index in [4.69, 9.17) is 4.74 Å². The highest BCUT2D eigenvalue weighted by molar-refractivity contribution is 7.15. The molecule has 0 fully saturated rings. The zero-order chi connectivity index (χ0) is 14.2. The summed E-state index contributed by atoms with van der Waals surface area (Å²) in [7, 11) is 0.